The van der Waals surface area contributed by atoms with E-state index in [4.69, 9.17) is 16.3 Å². The Morgan fingerprint density at radius 1 is 1.20 bits per heavy atom. The third-order valence-electron chi connectivity index (χ3n) is 4.35. The number of ether oxygens (including phenoxy) is 1. The van der Waals surface area contributed by atoms with Gasteiger partial charge in [-0.15, -0.1) is 0 Å². The molecule has 1 aromatic heterocycles. The van der Waals surface area contributed by atoms with Gasteiger partial charge < -0.3 is 19.5 Å². The SMILES string of the molecule is COCCn1c(SCC(=O)Nc2ccc(C(=O)N(C)C)cc2)nc2cc(Cl)ccc21. The Bertz CT molecular complexity index is 1050. The molecule has 0 unspecified atom stereocenters. The lowest BCUT2D eigenvalue weighted by molar-refractivity contribution is -0.113. The molecular formula is C21H23ClN4O3S. The lowest BCUT2D eigenvalue weighted by atomic mass is 10.2. The second kappa shape index (κ2) is 9.97. The number of methoxy groups -OCH3 is 1. The Morgan fingerprint density at radius 3 is 2.60 bits per heavy atom. The van der Waals surface area contributed by atoms with Gasteiger partial charge in [0.2, 0.25) is 5.91 Å². The summed E-state index contributed by atoms with van der Waals surface area (Å²) in [5, 5.41) is 4.19. The number of carbonyl (C=O) groups is 2. The highest BCUT2D eigenvalue weighted by Crippen LogP contribution is 2.26. The molecule has 0 aliphatic rings. The van der Waals surface area contributed by atoms with Crippen LogP contribution in [0.5, 0.6) is 0 Å². The smallest absolute Gasteiger partial charge is 0.253 e. The van der Waals surface area contributed by atoms with Crippen molar-refractivity contribution in [2.24, 2.45) is 0 Å². The van der Waals surface area contributed by atoms with Gasteiger partial charge in [0.05, 0.1) is 23.4 Å². The minimum atomic E-state index is -0.157. The van der Waals surface area contributed by atoms with Crippen LogP contribution in [0, 0.1) is 0 Å². The summed E-state index contributed by atoms with van der Waals surface area (Å²) in [6, 6.07) is 12.4. The van der Waals surface area contributed by atoms with E-state index in [0.717, 1.165) is 16.2 Å². The van der Waals surface area contributed by atoms with Crippen molar-refractivity contribution in [2.75, 3.05) is 38.9 Å². The molecule has 0 aliphatic heterocycles. The molecule has 0 radical (unpaired) electrons. The van der Waals surface area contributed by atoms with Crippen molar-refractivity contribution in [3.8, 4) is 0 Å². The fraction of sp³-hybridized carbons (Fsp3) is 0.286. The molecule has 2 amide bonds. The molecule has 0 atom stereocenters. The van der Waals surface area contributed by atoms with Crippen LogP contribution in [0.25, 0.3) is 11.0 Å². The number of amides is 2. The number of hydrogen-bond acceptors (Lipinski definition) is 5. The highest BCUT2D eigenvalue weighted by Gasteiger charge is 2.14. The number of carbonyl (C=O) groups excluding carboxylic acids is 2. The average molecular weight is 447 g/mol. The van der Waals surface area contributed by atoms with E-state index in [1.165, 1.54) is 16.7 Å². The third-order valence-corrected chi connectivity index (χ3v) is 5.56. The number of nitrogens with zero attached hydrogens (tertiary/aromatic N) is 3. The first-order valence-corrected chi connectivity index (χ1v) is 10.6. The van der Waals surface area contributed by atoms with Crippen molar-refractivity contribution in [3.63, 3.8) is 0 Å². The largest absolute Gasteiger partial charge is 0.383 e. The maximum atomic E-state index is 12.4. The summed E-state index contributed by atoms with van der Waals surface area (Å²) in [5.74, 6) is -0.0452. The Labute approximate surface area is 184 Å². The number of benzene rings is 2. The second-order valence-electron chi connectivity index (χ2n) is 6.79. The summed E-state index contributed by atoms with van der Waals surface area (Å²) >= 11 is 7.43. The van der Waals surface area contributed by atoms with Crippen molar-refractivity contribution in [1.82, 2.24) is 14.5 Å². The zero-order valence-electron chi connectivity index (χ0n) is 17.0. The number of rotatable bonds is 8. The van der Waals surface area contributed by atoms with E-state index in [9.17, 15) is 9.59 Å². The minimum absolute atomic E-state index is 0.0847. The van der Waals surface area contributed by atoms with Crippen LogP contribution in [-0.4, -0.2) is 59.8 Å². The van der Waals surface area contributed by atoms with Crippen LogP contribution in [0.1, 0.15) is 10.4 Å². The van der Waals surface area contributed by atoms with Gasteiger partial charge in [0.25, 0.3) is 5.91 Å². The standard InChI is InChI=1S/C21H23ClN4O3S/c1-25(2)20(28)14-4-7-16(8-5-14)23-19(27)13-30-21-24-17-12-15(22)6-9-18(17)26(21)10-11-29-3/h4-9,12H,10-11,13H2,1-3H3,(H,23,27). The summed E-state index contributed by atoms with van der Waals surface area (Å²) in [6.45, 7) is 1.16. The quantitative estimate of drug-likeness (QED) is 0.533. The van der Waals surface area contributed by atoms with Crippen LogP contribution in [0.3, 0.4) is 0 Å². The fourth-order valence-electron chi connectivity index (χ4n) is 2.87. The molecule has 9 heteroatoms. The number of thioether (sulfide) groups is 1. The van der Waals surface area contributed by atoms with Crippen LogP contribution < -0.4 is 5.32 Å². The lowest BCUT2D eigenvalue weighted by Gasteiger charge is -2.11. The van der Waals surface area contributed by atoms with Gasteiger partial charge in [-0.1, -0.05) is 23.4 Å². The normalized spacial score (nSPS) is 10.9. The number of nitrogens with one attached hydrogen (secondary N) is 1. The number of aromatic nitrogens is 2. The first-order valence-electron chi connectivity index (χ1n) is 9.28. The maximum absolute atomic E-state index is 12.4. The molecule has 158 valence electrons. The molecule has 0 saturated carbocycles. The van der Waals surface area contributed by atoms with E-state index < -0.39 is 0 Å². The van der Waals surface area contributed by atoms with Crippen molar-refractivity contribution < 1.29 is 14.3 Å². The van der Waals surface area contributed by atoms with Gasteiger partial charge >= 0.3 is 0 Å². The average Bonchev–Trinajstić information content (AvgIpc) is 3.07. The molecule has 3 aromatic rings. The molecule has 2 aromatic carbocycles. The molecule has 0 saturated heterocycles. The van der Waals surface area contributed by atoms with Crippen molar-refractivity contribution >= 4 is 51.9 Å². The molecule has 30 heavy (non-hydrogen) atoms. The van der Waals surface area contributed by atoms with E-state index in [-0.39, 0.29) is 17.6 Å². The summed E-state index contributed by atoms with van der Waals surface area (Å²) in [4.78, 5) is 30.5. The number of anilines is 1. The number of fused-ring (bicyclic) bond motifs is 1. The second-order valence-corrected chi connectivity index (χ2v) is 8.16. The van der Waals surface area contributed by atoms with E-state index >= 15 is 0 Å². The van der Waals surface area contributed by atoms with Crippen molar-refractivity contribution in [2.45, 2.75) is 11.7 Å². The summed E-state index contributed by atoms with van der Waals surface area (Å²) < 4.78 is 7.22. The summed E-state index contributed by atoms with van der Waals surface area (Å²) in [6.07, 6.45) is 0. The number of halogens is 1. The van der Waals surface area contributed by atoms with Gasteiger partial charge in [-0.05, 0) is 42.5 Å². The monoisotopic (exact) mass is 446 g/mol. The van der Waals surface area contributed by atoms with Gasteiger partial charge in [0.1, 0.15) is 0 Å². The van der Waals surface area contributed by atoms with E-state index in [1.54, 1.807) is 51.5 Å². The van der Waals surface area contributed by atoms with Crippen molar-refractivity contribution in [1.29, 1.82) is 0 Å². The summed E-state index contributed by atoms with van der Waals surface area (Å²) in [5.41, 5.74) is 2.93. The molecule has 1 N–H and O–H groups in total. The Kier molecular flexibility index (Phi) is 7.36. The van der Waals surface area contributed by atoms with Gasteiger partial charge in [-0.25, -0.2) is 4.98 Å². The Morgan fingerprint density at radius 2 is 1.93 bits per heavy atom. The molecular weight excluding hydrogens is 424 g/mol. The highest BCUT2D eigenvalue weighted by molar-refractivity contribution is 7.99. The number of imidazole rings is 1. The van der Waals surface area contributed by atoms with E-state index in [0.29, 0.717) is 29.4 Å². The zero-order valence-corrected chi connectivity index (χ0v) is 18.6. The van der Waals surface area contributed by atoms with Crippen LogP contribution in [0.4, 0.5) is 5.69 Å². The van der Waals surface area contributed by atoms with Crippen LogP contribution in [0.2, 0.25) is 5.02 Å². The van der Waals surface area contributed by atoms with Crippen LogP contribution in [0.15, 0.2) is 47.6 Å². The fourth-order valence-corrected chi connectivity index (χ4v) is 3.88. The molecule has 3 rings (SSSR count). The first kappa shape index (κ1) is 22.1. The highest BCUT2D eigenvalue weighted by atomic mass is 35.5. The van der Waals surface area contributed by atoms with E-state index in [1.807, 2.05) is 16.7 Å². The predicted molar refractivity (Wildman–Crippen MR) is 120 cm³/mol. The Hall–Kier alpha value is -2.55. The maximum Gasteiger partial charge on any atom is 0.253 e. The predicted octanol–water partition coefficient (Wildman–Crippen LogP) is 3.77. The van der Waals surface area contributed by atoms with Gasteiger partial charge in [0.15, 0.2) is 5.16 Å². The molecule has 7 nitrogen and oxygen atoms in total. The molecule has 0 fully saturated rings. The van der Waals surface area contributed by atoms with Gasteiger partial charge in [0, 0.05) is 44.0 Å². The van der Waals surface area contributed by atoms with Gasteiger partial charge in [-0.3, -0.25) is 9.59 Å². The van der Waals surface area contributed by atoms with Gasteiger partial charge in [-0.2, -0.15) is 0 Å². The first-order chi connectivity index (χ1) is 14.4. The third kappa shape index (κ3) is 5.33. The molecule has 0 spiro atoms. The van der Waals surface area contributed by atoms with Crippen LogP contribution in [-0.2, 0) is 16.1 Å². The number of hydrogen-bond donors (Lipinski definition) is 1. The topological polar surface area (TPSA) is 76.5 Å². The molecule has 0 bridgehead atoms. The van der Waals surface area contributed by atoms with Crippen LogP contribution >= 0.6 is 23.4 Å². The lowest BCUT2D eigenvalue weighted by Crippen LogP contribution is -2.21. The minimum Gasteiger partial charge on any atom is -0.383 e. The van der Waals surface area contributed by atoms with Crippen molar-refractivity contribution in [3.05, 3.63) is 53.1 Å². The molecule has 0 aliphatic carbocycles. The van der Waals surface area contributed by atoms with E-state index in [2.05, 4.69) is 10.3 Å². The molecule has 1 heterocycles. The zero-order chi connectivity index (χ0) is 21.7. The summed E-state index contributed by atoms with van der Waals surface area (Å²) in [7, 11) is 5.04. The Balaban J connectivity index is 1.67.